The summed E-state index contributed by atoms with van der Waals surface area (Å²) >= 11 is 3.43. The smallest absolute Gasteiger partial charge is 0.237 e. The first-order chi connectivity index (χ1) is 10.2. The number of thioether (sulfide) groups is 2. The van der Waals surface area contributed by atoms with E-state index in [1.165, 1.54) is 5.56 Å². The van der Waals surface area contributed by atoms with Crippen molar-refractivity contribution < 1.29 is 4.52 Å². The van der Waals surface area contributed by atoms with E-state index in [0.717, 1.165) is 28.1 Å². The number of benzene rings is 1. The minimum Gasteiger partial charge on any atom is -0.338 e. The van der Waals surface area contributed by atoms with Crippen LogP contribution in [0.5, 0.6) is 0 Å². The Kier molecular flexibility index (Phi) is 4.65. The van der Waals surface area contributed by atoms with Gasteiger partial charge in [0, 0.05) is 12.2 Å². The number of hydrogen-bond donors (Lipinski definition) is 0. The first-order valence-electron chi connectivity index (χ1n) is 6.94. The van der Waals surface area contributed by atoms with E-state index in [-0.39, 0.29) is 0 Å². The van der Waals surface area contributed by atoms with Crippen LogP contribution >= 0.6 is 23.5 Å². The second-order valence-corrected chi connectivity index (χ2v) is 7.47. The van der Waals surface area contributed by atoms with Gasteiger partial charge in [0.05, 0.1) is 11.4 Å². The van der Waals surface area contributed by atoms with Crippen LogP contribution in [0.1, 0.15) is 31.1 Å². The molecule has 0 atom stereocenters. The first kappa shape index (κ1) is 14.7. The molecule has 1 aliphatic heterocycles. The van der Waals surface area contributed by atoms with Crippen molar-refractivity contribution in [2.45, 2.75) is 31.8 Å². The highest BCUT2D eigenvalue weighted by molar-refractivity contribution is 8.38. The molecular formula is C15H17N3OS2. The van der Waals surface area contributed by atoms with Crippen LogP contribution in [-0.4, -0.2) is 14.5 Å². The van der Waals surface area contributed by atoms with Gasteiger partial charge < -0.3 is 4.52 Å². The monoisotopic (exact) mass is 319 g/mol. The minimum atomic E-state index is 0.540. The lowest BCUT2D eigenvalue weighted by Gasteiger charge is -2.13. The summed E-state index contributed by atoms with van der Waals surface area (Å²) in [6.45, 7) is 4.30. The number of rotatable bonds is 4. The Morgan fingerprint density at radius 3 is 3.05 bits per heavy atom. The van der Waals surface area contributed by atoms with Gasteiger partial charge in [-0.25, -0.2) is 4.99 Å². The van der Waals surface area contributed by atoms with Gasteiger partial charge in [0.2, 0.25) is 5.89 Å². The second-order valence-electron chi connectivity index (χ2n) is 5.29. The molecule has 3 rings (SSSR count). The van der Waals surface area contributed by atoms with Crippen LogP contribution in [0.4, 0.5) is 5.69 Å². The van der Waals surface area contributed by atoms with Crippen molar-refractivity contribution in [2.24, 2.45) is 10.9 Å². The normalized spacial score (nSPS) is 14.1. The summed E-state index contributed by atoms with van der Waals surface area (Å²) in [5.41, 5.74) is 2.37. The summed E-state index contributed by atoms with van der Waals surface area (Å²) in [6.07, 6.45) is 0.858. The van der Waals surface area contributed by atoms with Crippen LogP contribution in [0.3, 0.4) is 0 Å². The van der Waals surface area contributed by atoms with E-state index in [0.29, 0.717) is 17.6 Å². The molecule has 0 spiro atoms. The van der Waals surface area contributed by atoms with Crippen LogP contribution in [0, 0.1) is 5.92 Å². The third-order valence-electron chi connectivity index (χ3n) is 2.97. The summed E-state index contributed by atoms with van der Waals surface area (Å²) in [6, 6.07) is 8.27. The third kappa shape index (κ3) is 3.89. The SMILES string of the molecule is CC(C)Cc1noc(CSC2=Nc3ccccc3CS2)n1. The van der Waals surface area contributed by atoms with Gasteiger partial charge in [-0.1, -0.05) is 60.7 Å². The van der Waals surface area contributed by atoms with Crippen LogP contribution in [-0.2, 0) is 17.9 Å². The largest absolute Gasteiger partial charge is 0.338 e. The Balaban J connectivity index is 1.61. The number of para-hydroxylation sites is 1. The van der Waals surface area contributed by atoms with Gasteiger partial charge in [-0.05, 0) is 17.5 Å². The van der Waals surface area contributed by atoms with Crippen molar-refractivity contribution >= 4 is 33.6 Å². The summed E-state index contributed by atoms with van der Waals surface area (Å²) < 4.78 is 6.35. The van der Waals surface area contributed by atoms with Crippen LogP contribution in [0.15, 0.2) is 33.8 Å². The summed E-state index contributed by atoms with van der Waals surface area (Å²) in [4.78, 5) is 9.08. The Morgan fingerprint density at radius 2 is 2.19 bits per heavy atom. The van der Waals surface area contributed by atoms with Crippen molar-refractivity contribution in [1.82, 2.24) is 10.1 Å². The van der Waals surface area contributed by atoms with Crippen LogP contribution in [0.2, 0.25) is 0 Å². The van der Waals surface area contributed by atoms with Gasteiger partial charge in [-0.2, -0.15) is 4.98 Å². The molecule has 1 aromatic heterocycles. The quantitative estimate of drug-likeness (QED) is 0.834. The molecule has 0 unspecified atom stereocenters. The topological polar surface area (TPSA) is 51.3 Å². The number of aromatic nitrogens is 2. The Morgan fingerprint density at radius 1 is 1.33 bits per heavy atom. The van der Waals surface area contributed by atoms with Crippen molar-refractivity contribution in [3.63, 3.8) is 0 Å². The Labute approximate surface area is 132 Å². The fourth-order valence-corrected chi connectivity index (χ4v) is 3.91. The molecule has 0 N–H and O–H groups in total. The Bertz CT molecular complexity index is 652. The number of nitrogens with zero attached hydrogens (tertiary/aromatic N) is 3. The highest BCUT2D eigenvalue weighted by Gasteiger charge is 2.14. The lowest BCUT2D eigenvalue weighted by atomic mass is 10.1. The lowest BCUT2D eigenvalue weighted by molar-refractivity contribution is 0.382. The molecule has 2 aromatic rings. The molecule has 1 aliphatic rings. The molecule has 4 nitrogen and oxygen atoms in total. The lowest BCUT2D eigenvalue weighted by Crippen LogP contribution is -1.97. The average Bonchev–Trinajstić information content (AvgIpc) is 2.91. The third-order valence-corrected chi connectivity index (χ3v) is 5.20. The van der Waals surface area contributed by atoms with E-state index in [1.54, 1.807) is 23.5 Å². The predicted octanol–water partition coefficient (Wildman–Crippen LogP) is 4.44. The van der Waals surface area contributed by atoms with Gasteiger partial charge in [0.1, 0.15) is 4.38 Å². The fraction of sp³-hybridized carbons (Fsp3) is 0.400. The van der Waals surface area contributed by atoms with Gasteiger partial charge in [-0.15, -0.1) is 0 Å². The molecule has 0 bridgehead atoms. The maximum Gasteiger partial charge on any atom is 0.237 e. The molecule has 0 saturated heterocycles. The fourth-order valence-electron chi connectivity index (χ4n) is 2.01. The highest BCUT2D eigenvalue weighted by Crippen LogP contribution is 2.35. The van der Waals surface area contributed by atoms with Crippen molar-refractivity contribution in [3.05, 3.63) is 41.5 Å². The predicted molar refractivity (Wildman–Crippen MR) is 89.0 cm³/mol. The maximum absolute atomic E-state index is 5.28. The first-order valence-corrected chi connectivity index (χ1v) is 8.91. The van der Waals surface area contributed by atoms with Crippen LogP contribution in [0.25, 0.3) is 0 Å². The molecule has 2 heterocycles. The number of fused-ring (bicyclic) bond motifs is 1. The van der Waals surface area contributed by atoms with Gasteiger partial charge in [0.15, 0.2) is 5.82 Å². The zero-order valence-corrected chi connectivity index (χ0v) is 13.7. The molecule has 110 valence electrons. The minimum absolute atomic E-state index is 0.540. The zero-order chi connectivity index (χ0) is 14.7. The number of hydrogen-bond acceptors (Lipinski definition) is 6. The summed E-state index contributed by atoms with van der Waals surface area (Å²) in [5, 5.41) is 4.01. The molecule has 21 heavy (non-hydrogen) atoms. The molecule has 0 fully saturated rings. The van der Waals surface area contributed by atoms with Gasteiger partial charge in [-0.3, -0.25) is 0 Å². The highest BCUT2D eigenvalue weighted by atomic mass is 32.2. The van der Waals surface area contributed by atoms with Crippen LogP contribution < -0.4 is 0 Å². The molecule has 0 saturated carbocycles. The summed E-state index contributed by atoms with van der Waals surface area (Å²) in [7, 11) is 0. The van der Waals surface area contributed by atoms with Crippen molar-refractivity contribution in [3.8, 4) is 0 Å². The van der Waals surface area contributed by atoms with E-state index in [1.807, 2.05) is 6.07 Å². The van der Waals surface area contributed by atoms with Crippen molar-refractivity contribution in [2.75, 3.05) is 0 Å². The maximum atomic E-state index is 5.28. The molecule has 6 heteroatoms. The molecule has 0 amide bonds. The zero-order valence-electron chi connectivity index (χ0n) is 12.1. The molecule has 0 radical (unpaired) electrons. The van der Waals surface area contributed by atoms with E-state index < -0.39 is 0 Å². The Hall–Kier alpha value is -1.27. The average molecular weight is 319 g/mol. The molecule has 0 aliphatic carbocycles. The standard InChI is InChI=1S/C15H17N3OS2/c1-10(2)7-13-17-14(19-18-13)9-21-15-16-12-6-4-3-5-11(12)8-20-15/h3-6,10H,7-9H2,1-2H3. The molecular weight excluding hydrogens is 302 g/mol. The van der Waals surface area contributed by atoms with E-state index in [4.69, 9.17) is 4.52 Å². The molecule has 1 aromatic carbocycles. The summed E-state index contributed by atoms with van der Waals surface area (Å²) in [5.74, 6) is 3.67. The van der Waals surface area contributed by atoms with Gasteiger partial charge >= 0.3 is 0 Å². The van der Waals surface area contributed by atoms with E-state index >= 15 is 0 Å². The van der Waals surface area contributed by atoms with E-state index in [2.05, 4.69) is 47.2 Å². The van der Waals surface area contributed by atoms with Gasteiger partial charge in [0.25, 0.3) is 0 Å². The van der Waals surface area contributed by atoms with E-state index in [9.17, 15) is 0 Å². The van der Waals surface area contributed by atoms with Crippen molar-refractivity contribution in [1.29, 1.82) is 0 Å². The second kappa shape index (κ2) is 6.66. The number of aliphatic imine (C=N–C) groups is 1.